The van der Waals surface area contributed by atoms with Gasteiger partial charge in [-0.05, 0) is 0 Å². The molecule has 4 nitrogen and oxygen atoms in total. The van der Waals surface area contributed by atoms with Crippen LogP contribution in [-0.4, -0.2) is 31.1 Å². The van der Waals surface area contributed by atoms with E-state index < -0.39 is 0 Å². The van der Waals surface area contributed by atoms with Crippen LogP contribution in [-0.2, 0) is 0 Å². The van der Waals surface area contributed by atoms with Gasteiger partial charge in [-0.3, -0.25) is 0 Å². The van der Waals surface area contributed by atoms with E-state index in [1.54, 1.807) is 11.9 Å². The van der Waals surface area contributed by atoms with Gasteiger partial charge in [0.1, 0.15) is 0 Å². The third kappa shape index (κ3) is 1.03. The standard InChI is InChI=1S/C6H9N3O/c1-8-6(10)9-3-5(2-7)4-9/h5H,3-4H2,1H3,(H,8,10). The second kappa shape index (κ2) is 2.56. The number of hydrogen-bond acceptors (Lipinski definition) is 2. The lowest BCUT2D eigenvalue weighted by Crippen LogP contribution is -2.52. The summed E-state index contributed by atoms with van der Waals surface area (Å²) in [7, 11) is 1.59. The van der Waals surface area contributed by atoms with Crippen molar-refractivity contribution >= 4 is 6.03 Å². The lowest BCUT2D eigenvalue weighted by atomic mass is 10.0. The van der Waals surface area contributed by atoms with Crippen LogP contribution in [0.4, 0.5) is 4.79 Å². The fourth-order valence-electron chi connectivity index (χ4n) is 0.884. The first kappa shape index (κ1) is 6.87. The quantitative estimate of drug-likeness (QED) is 0.504. The van der Waals surface area contributed by atoms with Gasteiger partial charge in [-0.2, -0.15) is 5.26 Å². The van der Waals surface area contributed by atoms with Crippen LogP contribution in [0.5, 0.6) is 0 Å². The summed E-state index contributed by atoms with van der Waals surface area (Å²) in [6.45, 7) is 1.16. The van der Waals surface area contributed by atoms with Gasteiger partial charge in [-0.25, -0.2) is 4.79 Å². The molecule has 4 heteroatoms. The molecule has 1 heterocycles. The number of likely N-dealkylation sites (tertiary alicyclic amines) is 1. The smallest absolute Gasteiger partial charge is 0.317 e. The van der Waals surface area contributed by atoms with Crippen molar-refractivity contribution in [2.45, 2.75) is 0 Å². The van der Waals surface area contributed by atoms with E-state index >= 15 is 0 Å². The highest BCUT2D eigenvalue weighted by atomic mass is 16.2. The van der Waals surface area contributed by atoms with Crippen LogP contribution in [0.3, 0.4) is 0 Å². The number of amides is 2. The first-order valence-electron chi connectivity index (χ1n) is 3.14. The fourth-order valence-corrected chi connectivity index (χ4v) is 0.884. The Labute approximate surface area is 59.4 Å². The predicted molar refractivity (Wildman–Crippen MR) is 35.1 cm³/mol. The topological polar surface area (TPSA) is 56.1 Å². The molecule has 0 aromatic carbocycles. The number of nitriles is 1. The van der Waals surface area contributed by atoms with Crippen molar-refractivity contribution in [1.82, 2.24) is 10.2 Å². The van der Waals surface area contributed by atoms with Gasteiger partial charge in [0, 0.05) is 20.1 Å². The molecule has 10 heavy (non-hydrogen) atoms. The Morgan fingerprint density at radius 1 is 1.80 bits per heavy atom. The molecule has 0 aliphatic carbocycles. The highest BCUT2D eigenvalue weighted by Crippen LogP contribution is 2.13. The Morgan fingerprint density at radius 3 is 2.80 bits per heavy atom. The lowest BCUT2D eigenvalue weighted by Gasteiger charge is -2.34. The van der Waals surface area contributed by atoms with Crippen LogP contribution in [0.2, 0.25) is 0 Å². The fraction of sp³-hybridized carbons (Fsp3) is 0.667. The maximum absolute atomic E-state index is 10.8. The first-order chi connectivity index (χ1) is 4.77. The molecule has 0 radical (unpaired) electrons. The van der Waals surface area contributed by atoms with Crippen LogP contribution in [0.25, 0.3) is 0 Å². The van der Waals surface area contributed by atoms with Crippen LogP contribution in [0.1, 0.15) is 0 Å². The molecule has 1 rings (SSSR count). The summed E-state index contributed by atoms with van der Waals surface area (Å²) in [5.74, 6) is 0.0531. The van der Waals surface area contributed by atoms with Crippen molar-refractivity contribution in [3.63, 3.8) is 0 Å². The number of hydrogen-bond donors (Lipinski definition) is 1. The van der Waals surface area contributed by atoms with Crippen LogP contribution < -0.4 is 5.32 Å². The van der Waals surface area contributed by atoms with Gasteiger partial charge in [-0.1, -0.05) is 0 Å². The minimum absolute atomic E-state index is 0.0531. The molecule has 54 valence electrons. The van der Waals surface area contributed by atoms with Crippen molar-refractivity contribution in [2.24, 2.45) is 5.92 Å². The summed E-state index contributed by atoms with van der Waals surface area (Å²) in [5, 5.41) is 10.8. The van der Waals surface area contributed by atoms with Crippen LogP contribution >= 0.6 is 0 Å². The molecule has 0 aromatic heterocycles. The summed E-state index contributed by atoms with van der Waals surface area (Å²) < 4.78 is 0. The zero-order chi connectivity index (χ0) is 7.56. The number of carbonyl (C=O) groups is 1. The average Bonchev–Trinajstić information content (AvgIpc) is 1.85. The zero-order valence-corrected chi connectivity index (χ0v) is 5.79. The monoisotopic (exact) mass is 139 g/mol. The number of nitrogens with zero attached hydrogens (tertiary/aromatic N) is 2. The minimum atomic E-state index is -0.0912. The van der Waals surface area contributed by atoms with E-state index in [4.69, 9.17) is 5.26 Å². The second-order valence-corrected chi connectivity index (χ2v) is 2.29. The van der Waals surface area contributed by atoms with Crippen molar-refractivity contribution < 1.29 is 4.79 Å². The van der Waals surface area contributed by atoms with Crippen molar-refractivity contribution in [3.8, 4) is 6.07 Å². The predicted octanol–water partition coefficient (Wildman–Crippen LogP) is -0.219. The summed E-state index contributed by atoms with van der Waals surface area (Å²) in [6, 6.07) is 2.00. The molecule has 1 saturated heterocycles. The number of urea groups is 1. The lowest BCUT2D eigenvalue weighted by molar-refractivity contribution is 0.146. The molecular formula is C6H9N3O. The Bertz CT molecular complexity index is 178. The largest absolute Gasteiger partial charge is 0.341 e. The molecule has 0 bridgehead atoms. The first-order valence-corrected chi connectivity index (χ1v) is 3.14. The molecule has 0 aromatic rings. The highest BCUT2D eigenvalue weighted by molar-refractivity contribution is 5.74. The summed E-state index contributed by atoms with van der Waals surface area (Å²) >= 11 is 0. The number of carbonyl (C=O) groups excluding carboxylic acids is 1. The summed E-state index contributed by atoms with van der Waals surface area (Å²) in [4.78, 5) is 12.4. The Morgan fingerprint density at radius 2 is 2.40 bits per heavy atom. The van der Waals surface area contributed by atoms with Gasteiger partial charge in [-0.15, -0.1) is 0 Å². The number of rotatable bonds is 0. The van der Waals surface area contributed by atoms with Gasteiger partial charge < -0.3 is 10.2 Å². The van der Waals surface area contributed by atoms with Gasteiger partial charge >= 0.3 is 6.03 Å². The zero-order valence-electron chi connectivity index (χ0n) is 5.79. The van der Waals surface area contributed by atoms with E-state index in [9.17, 15) is 4.79 Å². The molecule has 1 aliphatic rings. The Hall–Kier alpha value is -1.24. The van der Waals surface area contributed by atoms with E-state index in [2.05, 4.69) is 11.4 Å². The van der Waals surface area contributed by atoms with Crippen molar-refractivity contribution in [3.05, 3.63) is 0 Å². The van der Waals surface area contributed by atoms with Gasteiger partial charge in [0.05, 0.1) is 12.0 Å². The van der Waals surface area contributed by atoms with E-state index in [0.29, 0.717) is 13.1 Å². The molecule has 0 unspecified atom stereocenters. The van der Waals surface area contributed by atoms with Crippen LogP contribution in [0.15, 0.2) is 0 Å². The second-order valence-electron chi connectivity index (χ2n) is 2.29. The maximum atomic E-state index is 10.8. The van der Waals surface area contributed by atoms with Gasteiger partial charge in [0.15, 0.2) is 0 Å². The normalized spacial score (nSPS) is 17.4. The average molecular weight is 139 g/mol. The van der Waals surface area contributed by atoms with Crippen molar-refractivity contribution in [2.75, 3.05) is 20.1 Å². The SMILES string of the molecule is CNC(=O)N1CC(C#N)C1. The van der Waals surface area contributed by atoms with E-state index in [1.807, 2.05) is 0 Å². The van der Waals surface area contributed by atoms with Crippen LogP contribution in [0, 0.1) is 17.2 Å². The molecule has 2 amide bonds. The third-order valence-corrected chi connectivity index (χ3v) is 1.57. The molecule has 0 atom stereocenters. The highest BCUT2D eigenvalue weighted by Gasteiger charge is 2.29. The van der Waals surface area contributed by atoms with Gasteiger partial charge in [0.25, 0.3) is 0 Å². The Balaban J connectivity index is 2.27. The van der Waals surface area contributed by atoms with Crippen molar-refractivity contribution in [1.29, 1.82) is 5.26 Å². The third-order valence-electron chi connectivity index (χ3n) is 1.57. The molecule has 1 fully saturated rings. The minimum Gasteiger partial charge on any atom is -0.341 e. The molecule has 0 saturated carbocycles. The molecule has 1 N–H and O–H groups in total. The van der Waals surface area contributed by atoms with Gasteiger partial charge in [0.2, 0.25) is 0 Å². The molecular weight excluding hydrogens is 130 g/mol. The van der Waals surface area contributed by atoms with E-state index in [1.165, 1.54) is 0 Å². The molecule has 1 aliphatic heterocycles. The Kier molecular flexibility index (Phi) is 1.76. The van der Waals surface area contributed by atoms with E-state index in [0.717, 1.165) is 0 Å². The van der Waals surface area contributed by atoms with E-state index in [-0.39, 0.29) is 11.9 Å². The maximum Gasteiger partial charge on any atom is 0.317 e. The molecule has 0 spiro atoms. The summed E-state index contributed by atoms with van der Waals surface area (Å²) in [5.41, 5.74) is 0. The summed E-state index contributed by atoms with van der Waals surface area (Å²) in [6.07, 6.45) is 0. The number of nitrogens with one attached hydrogen (secondary N) is 1.